The highest BCUT2D eigenvalue weighted by Crippen LogP contribution is 2.25. The smallest absolute Gasteiger partial charge is 0.412 e. The van der Waals surface area contributed by atoms with Gasteiger partial charge in [-0.3, -0.25) is 5.32 Å². The van der Waals surface area contributed by atoms with Crippen LogP contribution in [0.2, 0.25) is 0 Å². The van der Waals surface area contributed by atoms with Crippen molar-refractivity contribution in [2.24, 2.45) is 0 Å². The number of aliphatic hydroxyl groups is 1. The van der Waals surface area contributed by atoms with Gasteiger partial charge in [-0.15, -0.1) is 0 Å². The number of ether oxygens (including phenoxy) is 4. The van der Waals surface area contributed by atoms with Gasteiger partial charge in [0, 0.05) is 18.2 Å². The molecule has 170 valence electrons. The van der Waals surface area contributed by atoms with Gasteiger partial charge in [-0.1, -0.05) is 30.9 Å². The molecule has 1 atom stereocenters. The molecule has 0 aliphatic carbocycles. The number of methoxy groups -OCH3 is 1. The molecular formula is C24H27NO7. The Bertz CT molecular complexity index is 892. The van der Waals surface area contributed by atoms with Crippen molar-refractivity contribution in [2.75, 3.05) is 32.2 Å². The van der Waals surface area contributed by atoms with E-state index in [1.165, 1.54) is 12.2 Å². The maximum absolute atomic E-state index is 12.5. The molecule has 2 aromatic rings. The molecule has 2 N–H and O–H groups in total. The zero-order chi connectivity index (χ0) is 23.2. The summed E-state index contributed by atoms with van der Waals surface area (Å²) in [4.78, 5) is 24.1. The van der Waals surface area contributed by atoms with Crippen LogP contribution in [0.1, 0.15) is 18.1 Å². The molecule has 32 heavy (non-hydrogen) atoms. The van der Waals surface area contributed by atoms with E-state index in [0.717, 1.165) is 0 Å². The van der Waals surface area contributed by atoms with Crippen LogP contribution in [-0.2, 0) is 14.3 Å². The van der Waals surface area contributed by atoms with Crippen molar-refractivity contribution in [3.8, 4) is 11.5 Å². The Morgan fingerprint density at radius 3 is 2.41 bits per heavy atom. The van der Waals surface area contributed by atoms with E-state index in [1.807, 2.05) is 0 Å². The lowest BCUT2D eigenvalue weighted by molar-refractivity contribution is -0.136. The van der Waals surface area contributed by atoms with Crippen molar-refractivity contribution in [3.63, 3.8) is 0 Å². The van der Waals surface area contributed by atoms with Gasteiger partial charge in [-0.05, 0) is 42.0 Å². The second-order valence-corrected chi connectivity index (χ2v) is 6.45. The largest absolute Gasteiger partial charge is 0.497 e. The zero-order valence-electron chi connectivity index (χ0n) is 17.9. The zero-order valence-corrected chi connectivity index (χ0v) is 17.9. The summed E-state index contributed by atoms with van der Waals surface area (Å²) in [5, 5.41) is 11.5. The van der Waals surface area contributed by atoms with Gasteiger partial charge in [-0.2, -0.15) is 0 Å². The number of hydrogen-bond donors (Lipinski definition) is 2. The van der Waals surface area contributed by atoms with Gasteiger partial charge in [0.2, 0.25) is 0 Å². The normalized spacial score (nSPS) is 11.4. The molecule has 0 spiro atoms. The Kier molecular flexibility index (Phi) is 10.3. The van der Waals surface area contributed by atoms with Crippen LogP contribution < -0.4 is 14.8 Å². The highest BCUT2D eigenvalue weighted by Gasteiger charge is 2.16. The van der Waals surface area contributed by atoms with Crippen LogP contribution >= 0.6 is 0 Å². The summed E-state index contributed by atoms with van der Waals surface area (Å²) in [6.45, 7) is 3.69. The molecular weight excluding hydrogens is 414 g/mol. The van der Waals surface area contributed by atoms with Crippen LogP contribution in [0.25, 0.3) is 0 Å². The van der Waals surface area contributed by atoms with Crippen molar-refractivity contribution in [1.29, 1.82) is 0 Å². The van der Waals surface area contributed by atoms with E-state index in [9.17, 15) is 9.59 Å². The third-order valence-corrected chi connectivity index (χ3v) is 4.15. The van der Waals surface area contributed by atoms with Gasteiger partial charge in [0.05, 0.1) is 13.7 Å². The Hall–Kier alpha value is -3.78. The molecule has 8 nitrogen and oxygen atoms in total. The Balaban J connectivity index is 2.07. The Morgan fingerprint density at radius 2 is 1.78 bits per heavy atom. The first-order chi connectivity index (χ1) is 15.5. The summed E-state index contributed by atoms with van der Waals surface area (Å²) in [7, 11) is 1.56. The van der Waals surface area contributed by atoms with Gasteiger partial charge in [-0.25, -0.2) is 9.59 Å². The number of benzene rings is 2. The average molecular weight is 441 g/mol. The van der Waals surface area contributed by atoms with Crippen LogP contribution in [-0.4, -0.2) is 44.1 Å². The Morgan fingerprint density at radius 1 is 1.09 bits per heavy atom. The van der Waals surface area contributed by atoms with Crippen LogP contribution in [0.5, 0.6) is 11.5 Å². The fourth-order valence-corrected chi connectivity index (χ4v) is 2.62. The lowest BCUT2D eigenvalue weighted by Gasteiger charge is -2.18. The summed E-state index contributed by atoms with van der Waals surface area (Å²) in [5.41, 5.74) is 1.25. The maximum Gasteiger partial charge on any atom is 0.412 e. The number of carbonyl (C=O) groups is 2. The highest BCUT2D eigenvalue weighted by atomic mass is 16.6. The summed E-state index contributed by atoms with van der Waals surface area (Å²) in [6, 6.07) is 13.8. The molecule has 0 aliphatic rings. The second kappa shape index (κ2) is 13.5. The van der Waals surface area contributed by atoms with Crippen molar-refractivity contribution >= 4 is 17.7 Å². The number of hydrogen-bond acceptors (Lipinski definition) is 7. The SMILES string of the molecule is C=CCOC(=O)/C=C/C[C@@H](OC(=O)Nc1ccc(OC)cc1)c1ccc(OCCO)cc1. The molecule has 0 bridgehead atoms. The van der Waals surface area contributed by atoms with Crippen molar-refractivity contribution < 1.29 is 33.6 Å². The number of carbonyl (C=O) groups excluding carboxylic acids is 2. The lowest BCUT2D eigenvalue weighted by Crippen LogP contribution is -2.17. The average Bonchev–Trinajstić information content (AvgIpc) is 2.81. The topological polar surface area (TPSA) is 103 Å². The molecule has 0 saturated carbocycles. The second-order valence-electron chi connectivity index (χ2n) is 6.45. The monoisotopic (exact) mass is 441 g/mol. The fourth-order valence-electron chi connectivity index (χ4n) is 2.62. The molecule has 0 fully saturated rings. The minimum Gasteiger partial charge on any atom is -0.497 e. The number of nitrogens with one attached hydrogen (secondary N) is 1. The first-order valence-corrected chi connectivity index (χ1v) is 9.95. The third-order valence-electron chi connectivity index (χ3n) is 4.15. The molecule has 0 radical (unpaired) electrons. The summed E-state index contributed by atoms with van der Waals surface area (Å²) < 4.78 is 21.0. The molecule has 8 heteroatoms. The van der Waals surface area contributed by atoms with E-state index in [-0.39, 0.29) is 26.2 Å². The number of amides is 1. The summed E-state index contributed by atoms with van der Waals surface area (Å²) in [6.07, 6.45) is 3.26. The van der Waals surface area contributed by atoms with E-state index in [2.05, 4.69) is 11.9 Å². The van der Waals surface area contributed by atoms with E-state index in [4.69, 9.17) is 24.1 Å². The number of esters is 1. The molecule has 2 aromatic carbocycles. The molecule has 0 unspecified atom stereocenters. The van der Waals surface area contributed by atoms with Crippen LogP contribution in [0.4, 0.5) is 10.5 Å². The van der Waals surface area contributed by atoms with Crippen LogP contribution in [0.15, 0.2) is 73.3 Å². The quantitative estimate of drug-likeness (QED) is 0.291. The van der Waals surface area contributed by atoms with Crippen molar-refractivity contribution in [2.45, 2.75) is 12.5 Å². The number of rotatable bonds is 12. The van der Waals surface area contributed by atoms with Gasteiger partial charge >= 0.3 is 12.1 Å². The third kappa shape index (κ3) is 8.53. The van der Waals surface area contributed by atoms with Crippen molar-refractivity contribution in [3.05, 3.63) is 78.9 Å². The molecule has 1 amide bonds. The maximum atomic E-state index is 12.5. The molecule has 0 heterocycles. The van der Waals surface area contributed by atoms with E-state index in [0.29, 0.717) is 22.7 Å². The highest BCUT2D eigenvalue weighted by molar-refractivity contribution is 5.85. The lowest BCUT2D eigenvalue weighted by atomic mass is 10.1. The van der Waals surface area contributed by atoms with Crippen LogP contribution in [0, 0.1) is 0 Å². The van der Waals surface area contributed by atoms with E-state index < -0.39 is 18.2 Å². The number of aliphatic hydroxyl groups excluding tert-OH is 1. The number of anilines is 1. The molecule has 0 aliphatic heterocycles. The molecule has 2 rings (SSSR count). The first-order valence-electron chi connectivity index (χ1n) is 9.95. The van der Waals surface area contributed by atoms with Crippen LogP contribution in [0.3, 0.4) is 0 Å². The first kappa shape index (κ1) is 24.5. The summed E-state index contributed by atoms with van der Waals surface area (Å²) >= 11 is 0. The fraction of sp³-hybridized carbons (Fsp3) is 0.250. The van der Waals surface area contributed by atoms with Gasteiger partial charge in [0.1, 0.15) is 30.8 Å². The van der Waals surface area contributed by atoms with Gasteiger partial charge in [0.25, 0.3) is 0 Å². The minimum absolute atomic E-state index is 0.0915. The molecule has 0 aromatic heterocycles. The minimum atomic E-state index is -0.663. The predicted molar refractivity (Wildman–Crippen MR) is 120 cm³/mol. The summed E-state index contributed by atoms with van der Waals surface area (Å²) in [5.74, 6) is 0.727. The van der Waals surface area contributed by atoms with Gasteiger partial charge < -0.3 is 24.1 Å². The standard InChI is InChI=1S/C24H27NO7/c1-3-16-31-23(27)6-4-5-22(18-7-11-21(12-8-18)30-17-15-26)32-24(28)25-19-9-13-20(29-2)14-10-19/h3-4,6-14,22,26H,1,5,15-17H2,2H3,(H,25,28)/b6-4+/t22-/m1/s1. The predicted octanol–water partition coefficient (Wildman–Crippen LogP) is 4.03. The van der Waals surface area contributed by atoms with Gasteiger partial charge in [0.15, 0.2) is 0 Å². The van der Waals surface area contributed by atoms with E-state index >= 15 is 0 Å². The van der Waals surface area contributed by atoms with E-state index in [1.54, 1.807) is 61.7 Å². The molecule has 0 saturated heterocycles. The van der Waals surface area contributed by atoms with Crippen molar-refractivity contribution in [1.82, 2.24) is 0 Å². The Labute approximate surface area is 187 Å².